The molecule has 1 aliphatic heterocycles. The molecular weight excluding hydrogens is 462 g/mol. The van der Waals surface area contributed by atoms with Crippen LogP contribution in [0.5, 0.6) is 11.5 Å². The van der Waals surface area contributed by atoms with Gasteiger partial charge in [-0.25, -0.2) is 0 Å². The number of benzene rings is 3. The van der Waals surface area contributed by atoms with Crippen LogP contribution in [0.15, 0.2) is 72.8 Å². The minimum Gasteiger partial charge on any atom is -0.492 e. The van der Waals surface area contributed by atoms with E-state index in [0.29, 0.717) is 35.1 Å². The van der Waals surface area contributed by atoms with Crippen LogP contribution in [0.2, 0.25) is 5.02 Å². The lowest BCUT2D eigenvalue weighted by molar-refractivity contribution is -0.149. The third kappa shape index (κ3) is 3.82. The van der Waals surface area contributed by atoms with E-state index in [2.05, 4.69) is 18.7 Å². The molecule has 0 spiro atoms. The lowest BCUT2D eigenvalue weighted by atomic mass is 9.71. The Morgan fingerprint density at radius 2 is 1.74 bits per heavy atom. The molecular formula is C29H32ClNO4. The van der Waals surface area contributed by atoms with Gasteiger partial charge in [-0.15, -0.1) is 0 Å². The predicted octanol–water partition coefficient (Wildman–Crippen LogP) is 5.08. The Balaban J connectivity index is 1.56. The summed E-state index contributed by atoms with van der Waals surface area (Å²) in [6, 6.07) is 22.8. The summed E-state index contributed by atoms with van der Waals surface area (Å²) in [6.07, 6.45) is -0.649. The van der Waals surface area contributed by atoms with Gasteiger partial charge in [-0.3, -0.25) is 0 Å². The molecule has 1 saturated carbocycles. The van der Waals surface area contributed by atoms with Crippen molar-refractivity contribution in [1.29, 1.82) is 0 Å². The van der Waals surface area contributed by atoms with E-state index in [0.717, 1.165) is 30.8 Å². The highest BCUT2D eigenvalue weighted by atomic mass is 35.5. The summed E-state index contributed by atoms with van der Waals surface area (Å²) >= 11 is 6.20. The fourth-order valence-corrected chi connectivity index (χ4v) is 5.96. The molecule has 1 aliphatic carbocycles. The summed E-state index contributed by atoms with van der Waals surface area (Å²) < 4.78 is 12.8. The first-order valence-corrected chi connectivity index (χ1v) is 12.7. The molecule has 5 rings (SSSR count). The molecule has 1 fully saturated rings. The molecule has 4 atom stereocenters. The smallest absolute Gasteiger partial charge is 0.176 e. The topological polar surface area (TPSA) is 62.2 Å². The summed E-state index contributed by atoms with van der Waals surface area (Å²) in [5, 5.41) is 24.3. The van der Waals surface area contributed by atoms with Gasteiger partial charge in [-0.2, -0.15) is 0 Å². The normalized spacial score (nSPS) is 26.9. The maximum Gasteiger partial charge on any atom is 0.176 e. The fourth-order valence-electron chi connectivity index (χ4n) is 5.83. The van der Waals surface area contributed by atoms with E-state index in [4.69, 9.17) is 21.1 Å². The molecule has 6 heteroatoms. The Morgan fingerprint density at radius 1 is 1.03 bits per heavy atom. The van der Waals surface area contributed by atoms with E-state index in [1.807, 2.05) is 60.7 Å². The molecule has 0 bridgehead atoms. The molecule has 1 heterocycles. The van der Waals surface area contributed by atoms with Crippen LogP contribution in [-0.2, 0) is 11.2 Å². The zero-order valence-electron chi connectivity index (χ0n) is 20.2. The first kappa shape index (κ1) is 24.1. The van der Waals surface area contributed by atoms with Crippen LogP contribution in [-0.4, -0.2) is 47.5 Å². The molecule has 2 aliphatic rings. The second-order valence-electron chi connectivity index (χ2n) is 9.36. The van der Waals surface area contributed by atoms with Crippen LogP contribution in [0.4, 0.5) is 0 Å². The molecule has 0 aromatic heterocycles. The zero-order valence-corrected chi connectivity index (χ0v) is 20.9. The number of aliphatic hydroxyl groups is 2. The van der Waals surface area contributed by atoms with Gasteiger partial charge in [-0.1, -0.05) is 67.9 Å². The first-order valence-electron chi connectivity index (χ1n) is 12.3. The maximum absolute atomic E-state index is 12.3. The van der Waals surface area contributed by atoms with E-state index in [1.165, 1.54) is 0 Å². The molecule has 5 nitrogen and oxygen atoms in total. The van der Waals surface area contributed by atoms with Crippen LogP contribution in [0.3, 0.4) is 0 Å². The number of nitrogens with zero attached hydrogens (tertiary/aromatic N) is 1. The van der Waals surface area contributed by atoms with Gasteiger partial charge in [0, 0.05) is 29.1 Å². The minimum atomic E-state index is -1.63. The van der Waals surface area contributed by atoms with Gasteiger partial charge in [0.15, 0.2) is 11.2 Å². The number of hydrogen-bond donors (Lipinski definition) is 2. The van der Waals surface area contributed by atoms with Crippen molar-refractivity contribution in [2.24, 2.45) is 0 Å². The summed E-state index contributed by atoms with van der Waals surface area (Å²) in [5.74, 6) is 0.934. The minimum absolute atomic E-state index is 0.274. The van der Waals surface area contributed by atoms with E-state index in [9.17, 15) is 10.2 Å². The number of ether oxygens (including phenoxy) is 2. The van der Waals surface area contributed by atoms with Crippen molar-refractivity contribution in [3.05, 3.63) is 94.5 Å². The average Bonchev–Trinajstić information content (AvgIpc) is 3.27. The van der Waals surface area contributed by atoms with E-state index < -0.39 is 17.3 Å². The molecule has 0 radical (unpaired) electrons. The first-order chi connectivity index (χ1) is 16.9. The monoisotopic (exact) mass is 493 g/mol. The Kier molecular flexibility index (Phi) is 6.53. The average molecular weight is 494 g/mol. The highest BCUT2D eigenvalue weighted by molar-refractivity contribution is 6.30. The Labute approximate surface area is 211 Å². The van der Waals surface area contributed by atoms with Gasteiger partial charge in [0.05, 0.1) is 6.10 Å². The molecule has 35 heavy (non-hydrogen) atoms. The van der Waals surface area contributed by atoms with Gasteiger partial charge in [-0.05, 0) is 54.9 Å². The number of hydrogen-bond acceptors (Lipinski definition) is 5. The Morgan fingerprint density at radius 3 is 2.43 bits per heavy atom. The lowest BCUT2D eigenvalue weighted by Gasteiger charge is -2.40. The van der Waals surface area contributed by atoms with E-state index in [1.54, 1.807) is 12.1 Å². The van der Waals surface area contributed by atoms with Crippen molar-refractivity contribution < 1.29 is 19.7 Å². The third-order valence-corrected chi connectivity index (χ3v) is 7.93. The van der Waals surface area contributed by atoms with Crippen LogP contribution < -0.4 is 9.47 Å². The maximum atomic E-state index is 12.3. The van der Waals surface area contributed by atoms with Crippen molar-refractivity contribution in [2.45, 2.75) is 43.5 Å². The number of rotatable bonds is 8. The Hall–Kier alpha value is -2.57. The van der Waals surface area contributed by atoms with E-state index in [-0.39, 0.29) is 5.92 Å². The molecule has 0 unspecified atom stereocenters. The number of fused-ring (bicyclic) bond motifs is 3. The molecule has 0 amide bonds. The van der Waals surface area contributed by atoms with E-state index >= 15 is 0 Å². The highest BCUT2D eigenvalue weighted by Gasteiger charge is 2.72. The molecule has 184 valence electrons. The number of likely N-dealkylation sites (N-methyl/N-ethyl adjacent to an activating group) is 1. The summed E-state index contributed by atoms with van der Waals surface area (Å²) in [5.41, 5.74) is -0.484. The summed E-state index contributed by atoms with van der Waals surface area (Å²) in [6.45, 7) is 7.61. The highest BCUT2D eigenvalue weighted by Crippen LogP contribution is 2.66. The lowest BCUT2D eigenvalue weighted by Crippen LogP contribution is -2.51. The van der Waals surface area contributed by atoms with Crippen molar-refractivity contribution in [1.82, 2.24) is 4.90 Å². The van der Waals surface area contributed by atoms with Crippen LogP contribution in [0.25, 0.3) is 0 Å². The molecule has 0 saturated heterocycles. The second-order valence-corrected chi connectivity index (χ2v) is 9.80. The van der Waals surface area contributed by atoms with Gasteiger partial charge in [0.1, 0.15) is 18.1 Å². The van der Waals surface area contributed by atoms with Gasteiger partial charge in [0.25, 0.3) is 0 Å². The fraction of sp³-hybridized carbons (Fsp3) is 0.379. The standard InChI is InChI=1S/C29H32ClNO4/c1-3-31(4-2)16-17-34-23-14-15-24-26(18-23)35-29(21-10-12-22(30)13-11-21)25(19-27(32)28(24,29)33)20-8-6-5-7-9-20/h5-15,18,25,27,32-33H,3-4,16-17,19H2,1-2H3/t25-,27-,28-,29-/m0/s1. The van der Waals surface area contributed by atoms with Crippen molar-refractivity contribution in [3.63, 3.8) is 0 Å². The molecule has 3 aromatic rings. The molecule has 3 aromatic carbocycles. The Bertz CT molecular complexity index is 1170. The van der Waals surface area contributed by atoms with Crippen LogP contribution in [0.1, 0.15) is 42.9 Å². The van der Waals surface area contributed by atoms with Crippen molar-refractivity contribution in [3.8, 4) is 11.5 Å². The third-order valence-electron chi connectivity index (χ3n) is 7.68. The van der Waals surface area contributed by atoms with Crippen LogP contribution >= 0.6 is 11.6 Å². The predicted molar refractivity (Wildman–Crippen MR) is 137 cm³/mol. The molecule has 2 N–H and O–H groups in total. The van der Waals surface area contributed by atoms with Gasteiger partial charge >= 0.3 is 0 Å². The van der Waals surface area contributed by atoms with Crippen molar-refractivity contribution >= 4 is 11.6 Å². The summed E-state index contributed by atoms with van der Waals surface area (Å²) in [7, 11) is 0. The van der Waals surface area contributed by atoms with Crippen molar-refractivity contribution in [2.75, 3.05) is 26.2 Å². The quantitative estimate of drug-likeness (QED) is 0.458. The SMILES string of the molecule is CCN(CC)CCOc1ccc2c(c1)O[C@@]1(c3ccc(Cl)cc3)[C@H](c3ccccc3)C[C@H](O)[C@@]21O. The number of aliphatic hydroxyl groups excluding tert-OH is 1. The summed E-state index contributed by atoms with van der Waals surface area (Å²) in [4.78, 5) is 2.30. The zero-order chi connectivity index (χ0) is 24.6. The number of halogens is 1. The second kappa shape index (κ2) is 9.47. The largest absolute Gasteiger partial charge is 0.492 e. The van der Waals surface area contributed by atoms with Crippen LogP contribution in [0, 0.1) is 0 Å². The van der Waals surface area contributed by atoms with Gasteiger partial charge < -0.3 is 24.6 Å². The van der Waals surface area contributed by atoms with Gasteiger partial charge in [0.2, 0.25) is 0 Å².